The van der Waals surface area contributed by atoms with E-state index in [4.69, 9.17) is 4.98 Å². The Labute approximate surface area is 137 Å². The molecule has 1 aliphatic carbocycles. The predicted octanol–water partition coefficient (Wildman–Crippen LogP) is 3.44. The third-order valence-corrected chi connectivity index (χ3v) is 6.27. The van der Waals surface area contributed by atoms with Gasteiger partial charge in [0.15, 0.2) is 0 Å². The maximum Gasteiger partial charge on any atom is 0.221 e. The number of nitrogens with one attached hydrogen (secondary N) is 2. The van der Waals surface area contributed by atoms with Gasteiger partial charge in [0.05, 0.1) is 5.69 Å². The summed E-state index contributed by atoms with van der Waals surface area (Å²) in [7, 11) is 0. The molecule has 3 heterocycles. The zero-order valence-electron chi connectivity index (χ0n) is 12.4. The van der Waals surface area contributed by atoms with E-state index in [1.165, 1.54) is 15.3 Å². The molecule has 114 valence electrons. The summed E-state index contributed by atoms with van der Waals surface area (Å²) in [6, 6.07) is 0. The van der Waals surface area contributed by atoms with Gasteiger partial charge in [-0.3, -0.25) is 4.79 Å². The number of allylic oxidation sites excluding steroid dienone is 1. The van der Waals surface area contributed by atoms with Gasteiger partial charge in [-0.25, -0.2) is 4.98 Å². The topological polar surface area (TPSA) is 54.0 Å². The molecule has 0 unspecified atom stereocenters. The van der Waals surface area contributed by atoms with Crippen LogP contribution in [0.25, 0.3) is 16.6 Å². The molecule has 0 aromatic carbocycles. The second-order valence-electron chi connectivity index (χ2n) is 5.58. The quantitative estimate of drug-likeness (QED) is 0.886. The molecule has 2 aromatic rings. The monoisotopic (exact) mass is 331 g/mol. The number of amides is 1. The first-order chi connectivity index (χ1) is 10.7. The largest absolute Gasteiger partial charge is 0.317 e. The zero-order valence-corrected chi connectivity index (χ0v) is 14.0. The maximum absolute atomic E-state index is 11.6. The lowest BCUT2D eigenvalue weighted by Crippen LogP contribution is -2.22. The van der Waals surface area contributed by atoms with Crippen molar-refractivity contribution in [2.75, 3.05) is 11.9 Å². The van der Waals surface area contributed by atoms with Crippen LogP contribution in [0, 0.1) is 0 Å². The van der Waals surface area contributed by atoms with Crippen molar-refractivity contribution < 1.29 is 4.79 Å². The van der Waals surface area contributed by atoms with Crippen LogP contribution in [-0.4, -0.2) is 17.4 Å². The number of aromatic nitrogens is 1. The van der Waals surface area contributed by atoms with Crippen LogP contribution in [0.15, 0.2) is 6.08 Å². The van der Waals surface area contributed by atoms with E-state index in [9.17, 15) is 4.79 Å². The third-order valence-electron chi connectivity index (χ3n) is 3.97. The van der Waals surface area contributed by atoms with E-state index in [0.29, 0.717) is 0 Å². The van der Waals surface area contributed by atoms with Crippen molar-refractivity contribution in [2.45, 2.75) is 32.7 Å². The molecule has 1 amide bonds. The standard InChI is InChI=1S/C16H17N3OS2/c1-9(20)18-15-14(10-6-7-17-8-13(10)22-15)16-19-11-4-2-3-5-12(11)21-16/h2,4,17H,3,5-8H2,1H3,(H,18,20). The van der Waals surface area contributed by atoms with Gasteiger partial charge in [0.2, 0.25) is 5.91 Å². The smallest absolute Gasteiger partial charge is 0.221 e. The molecule has 22 heavy (non-hydrogen) atoms. The summed E-state index contributed by atoms with van der Waals surface area (Å²) in [5.41, 5.74) is 3.63. The van der Waals surface area contributed by atoms with Gasteiger partial charge in [-0.05, 0) is 37.4 Å². The van der Waals surface area contributed by atoms with Crippen LogP contribution in [0.3, 0.4) is 0 Å². The summed E-state index contributed by atoms with van der Waals surface area (Å²) in [4.78, 5) is 19.1. The highest BCUT2D eigenvalue weighted by molar-refractivity contribution is 7.19. The number of carbonyl (C=O) groups excluding carboxylic acids is 1. The van der Waals surface area contributed by atoms with Crippen LogP contribution in [-0.2, 0) is 24.2 Å². The van der Waals surface area contributed by atoms with Crippen molar-refractivity contribution in [3.8, 4) is 10.6 Å². The lowest BCUT2D eigenvalue weighted by Gasteiger charge is -2.13. The van der Waals surface area contributed by atoms with Crippen molar-refractivity contribution in [3.63, 3.8) is 0 Å². The minimum absolute atomic E-state index is 0.0194. The molecule has 0 spiro atoms. The Bertz CT molecular complexity index is 773. The highest BCUT2D eigenvalue weighted by atomic mass is 32.1. The van der Waals surface area contributed by atoms with E-state index >= 15 is 0 Å². The first-order valence-corrected chi connectivity index (χ1v) is 9.15. The highest BCUT2D eigenvalue weighted by Crippen LogP contribution is 2.44. The Balaban J connectivity index is 1.85. The van der Waals surface area contributed by atoms with Gasteiger partial charge in [-0.2, -0.15) is 0 Å². The average Bonchev–Trinajstić information content (AvgIpc) is 3.06. The first-order valence-electron chi connectivity index (χ1n) is 7.52. The molecule has 2 aromatic heterocycles. The third kappa shape index (κ3) is 2.41. The lowest BCUT2D eigenvalue weighted by atomic mass is 10.0. The molecule has 1 aliphatic heterocycles. The van der Waals surface area contributed by atoms with Crippen molar-refractivity contribution >= 4 is 39.7 Å². The van der Waals surface area contributed by atoms with Gasteiger partial charge >= 0.3 is 0 Å². The number of thiophene rings is 1. The molecule has 6 heteroatoms. The Hall–Kier alpha value is -1.50. The summed E-state index contributed by atoms with van der Waals surface area (Å²) >= 11 is 3.46. The van der Waals surface area contributed by atoms with Gasteiger partial charge in [0, 0.05) is 28.8 Å². The van der Waals surface area contributed by atoms with E-state index in [1.807, 2.05) is 0 Å². The van der Waals surface area contributed by atoms with Crippen molar-refractivity contribution in [1.82, 2.24) is 10.3 Å². The van der Waals surface area contributed by atoms with Crippen LogP contribution in [0.5, 0.6) is 0 Å². The number of fused-ring (bicyclic) bond motifs is 2. The molecule has 4 nitrogen and oxygen atoms in total. The molecule has 0 fully saturated rings. The van der Waals surface area contributed by atoms with Gasteiger partial charge in [-0.1, -0.05) is 6.08 Å². The Morgan fingerprint density at radius 3 is 3.05 bits per heavy atom. The minimum Gasteiger partial charge on any atom is -0.317 e. The number of hydrogen-bond donors (Lipinski definition) is 2. The van der Waals surface area contributed by atoms with Gasteiger partial charge in [0.25, 0.3) is 0 Å². The number of aryl methyl sites for hydroxylation is 1. The fraction of sp³-hybridized carbons (Fsp3) is 0.375. The summed E-state index contributed by atoms with van der Waals surface area (Å²) in [6.07, 6.45) is 7.48. The van der Waals surface area contributed by atoms with E-state index < -0.39 is 0 Å². The summed E-state index contributed by atoms with van der Waals surface area (Å²) < 4.78 is 0. The van der Waals surface area contributed by atoms with Gasteiger partial charge in [-0.15, -0.1) is 22.7 Å². The Morgan fingerprint density at radius 1 is 1.32 bits per heavy atom. The van der Waals surface area contributed by atoms with Crippen molar-refractivity contribution in [3.05, 3.63) is 27.1 Å². The fourth-order valence-corrected chi connectivity index (χ4v) is 5.47. The molecule has 0 bridgehead atoms. The van der Waals surface area contributed by atoms with Crippen molar-refractivity contribution in [1.29, 1.82) is 0 Å². The molecule has 0 saturated heterocycles. The zero-order chi connectivity index (χ0) is 15.1. The normalized spacial score (nSPS) is 16.2. The van der Waals surface area contributed by atoms with Gasteiger partial charge < -0.3 is 10.6 Å². The van der Waals surface area contributed by atoms with E-state index in [-0.39, 0.29) is 5.91 Å². The Kier molecular flexibility index (Phi) is 3.60. The van der Waals surface area contributed by atoms with Crippen molar-refractivity contribution in [2.24, 2.45) is 0 Å². The maximum atomic E-state index is 11.6. The molecule has 0 atom stereocenters. The van der Waals surface area contributed by atoms with Crippen LogP contribution in [0.4, 0.5) is 5.00 Å². The van der Waals surface area contributed by atoms with Crippen LogP contribution in [0.2, 0.25) is 0 Å². The first kappa shape index (κ1) is 14.1. The van der Waals surface area contributed by atoms with Crippen LogP contribution >= 0.6 is 22.7 Å². The SMILES string of the molecule is CC(=O)Nc1sc2c(c1-c1nc3c(s1)CCC=C3)CCNC2. The van der Waals surface area contributed by atoms with E-state index in [0.717, 1.165) is 53.6 Å². The second kappa shape index (κ2) is 5.61. The molecular formula is C16H17N3OS2. The highest BCUT2D eigenvalue weighted by Gasteiger charge is 2.25. The second-order valence-corrected chi connectivity index (χ2v) is 7.77. The van der Waals surface area contributed by atoms with E-state index in [2.05, 4.69) is 22.8 Å². The molecular weight excluding hydrogens is 314 g/mol. The summed E-state index contributed by atoms with van der Waals surface area (Å²) in [5.74, 6) is -0.0194. The average molecular weight is 331 g/mol. The molecule has 2 aliphatic rings. The predicted molar refractivity (Wildman–Crippen MR) is 92.5 cm³/mol. The molecule has 4 rings (SSSR count). The number of nitrogens with zero attached hydrogens (tertiary/aromatic N) is 1. The fourth-order valence-electron chi connectivity index (χ4n) is 3.00. The number of hydrogen-bond acceptors (Lipinski definition) is 5. The summed E-state index contributed by atoms with van der Waals surface area (Å²) in [5, 5.41) is 8.42. The number of anilines is 1. The minimum atomic E-state index is -0.0194. The van der Waals surface area contributed by atoms with E-state index in [1.54, 1.807) is 29.6 Å². The number of rotatable bonds is 2. The number of thiazole rings is 1. The molecule has 0 radical (unpaired) electrons. The number of carbonyl (C=O) groups is 1. The molecule has 2 N–H and O–H groups in total. The lowest BCUT2D eigenvalue weighted by molar-refractivity contribution is -0.114. The molecule has 0 saturated carbocycles. The summed E-state index contributed by atoms with van der Waals surface area (Å²) in [6.45, 7) is 3.44. The Morgan fingerprint density at radius 2 is 2.23 bits per heavy atom. The van der Waals surface area contributed by atoms with Crippen LogP contribution < -0.4 is 10.6 Å². The van der Waals surface area contributed by atoms with Gasteiger partial charge in [0.1, 0.15) is 10.0 Å². The van der Waals surface area contributed by atoms with Crippen LogP contribution in [0.1, 0.15) is 34.4 Å².